The fraction of sp³-hybridized carbons (Fsp3) is 0.214. The van der Waals surface area contributed by atoms with Gasteiger partial charge < -0.3 is 13.9 Å². The second kappa shape index (κ2) is 10.0. The number of nitrogens with zero attached hydrogens (tertiary/aromatic N) is 2. The average molecular weight is 484 g/mol. The van der Waals surface area contributed by atoms with Crippen LogP contribution in [0.25, 0.3) is 10.9 Å². The van der Waals surface area contributed by atoms with Crippen molar-refractivity contribution in [2.24, 2.45) is 5.10 Å². The van der Waals surface area contributed by atoms with E-state index in [-0.39, 0.29) is 18.3 Å². The summed E-state index contributed by atoms with van der Waals surface area (Å²) in [5, 5.41) is 5.20. The van der Waals surface area contributed by atoms with Crippen LogP contribution >= 0.6 is 0 Å². The van der Waals surface area contributed by atoms with Crippen LogP contribution in [0.2, 0.25) is 0 Å². The smallest absolute Gasteiger partial charge is 0.380 e. The molecule has 0 saturated carbocycles. The molecule has 2 aromatic heterocycles. The summed E-state index contributed by atoms with van der Waals surface area (Å²) >= 11 is 0. The largest absolute Gasteiger partial charge is 0.484 e. The van der Waals surface area contributed by atoms with Crippen molar-refractivity contribution in [1.82, 2.24) is 10.4 Å². The Hall–Kier alpha value is -4.46. The molecule has 4 aromatic rings. The summed E-state index contributed by atoms with van der Waals surface area (Å²) in [4.78, 5) is 29.9. The third kappa shape index (κ3) is 4.84. The second-order valence-corrected chi connectivity index (χ2v) is 8.57. The number of carbonyl (C=O) groups is 2. The molecule has 8 nitrogen and oxygen atoms in total. The minimum Gasteiger partial charge on any atom is -0.484 e. The highest BCUT2D eigenvalue weighted by Crippen LogP contribution is 2.31. The van der Waals surface area contributed by atoms with Gasteiger partial charge in [-0.2, -0.15) is 5.10 Å². The quantitative estimate of drug-likeness (QED) is 0.238. The average Bonchev–Trinajstić information content (AvgIpc) is 3.24. The summed E-state index contributed by atoms with van der Waals surface area (Å²) in [6, 6.07) is 18.4. The predicted molar refractivity (Wildman–Crippen MR) is 134 cm³/mol. The van der Waals surface area contributed by atoms with Gasteiger partial charge in [-0.05, 0) is 51.0 Å². The maximum atomic E-state index is 13.1. The highest BCUT2D eigenvalue weighted by molar-refractivity contribution is 6.06. The SMILES string of the molecule is Cc1ccc2cccc(OC(=O)c3oc4c(c3C)/C(=N/NC(=O)COc3ccccc3)CCC4)c2n1. The molecule has 0 spiro atoms. The zero-order chi connectivity index (χ0) is 25.1. The van der Waals surface area contributed by atoms with Crippen molar-refractivity contribution in [1.29, 1.82) is 0 Å². The molecule has 5 rings (SSSR count). The molecule has 36 heavy (non-hydrogen) atoms. The molecule has 0 unspecified atom stereocenters. The molecule has 0 fully saturated rings. The molecule has 2 heterocycles. The zero-order valence-electron chi connectivity index (χ0n) is 20.0. The minimum atomic E-state index is -0.600. The van der Waals surface area contributed by atoms with Gasteiger partial charge in [0.1, 0.15) is 17.0 Å². The lowest BCUT2D eigenvalue weighted by atomic mass is 9.93. The molecule has 8 heteroatoms. The van der Waals surface area contributed by atoms with E-state index in [4.69, 9.17) is 13.9 Å². The third-order valence-corrected chi connectivity index (χ3v) is 5.96. The Labute approximate surface area is 207 Å². The molecule has 2 aromatic carbocycles. The van der Waals surface area contributed by atoms with Crippen LogP contribution in [-0.4, -0.2) is 29.2 Å². The van der Waals surface area contributed by atoms with E-state index in [9.17, 15) is 9.59 Å². The lowest BCUT2D eigenvalue weighted by Gasteiger charge is -2.13. The van der Waals surface area contributed by atoms with E-state index in [0.717, 1.165) is 23.1 Å². The Morgan fingerprint density at radius 3 is 2.69 bits per heavy atom. The van der Waals surface area contributed by atoms with Crippen molar-refractivity contribution in [2.45, 2.75) is 33.1 Å². The number of furan rings is 1. The van der Waals surface area contributed by atoms with Gasteiger partial charge in [0.15, 0.2) is 12.4 Å². The van der Waals surface area contributed by atoms with E-state index in [2.05, 4.69) is 15.5 Å². The van der Waals surface area contributed by atoms with Gasteiger partial charge in [-0.25, -0.2) is 15.2 Å². The number of nitrogens with one attached hydrogen (secondary N) is 1. The number of rotatable bonds is 6. The molecule has 0 aliphatic heterocycles. The molecule has 0 saturated heterocycles. The van der Waals surface area contributed by atoms with E-state index in [0.29, 0.717) is 46.9 Å². The summed E-state index contributed by atoms with van der Waals surface area (Å²) in [6.07, 6.45) is 2.10. The maximum Gasteiger partial charge on any atom is 0.380 e. The highest BCUT2D eigenvalue weighted by Gasteiger charge is 2.29. The summed E-state index contributed by atoms with van der Waals surface area (Å²) in [6.45, 7) is 3.52. The number of aryl methyl sites for hydroxylation is 2. The van der Waals surface area contributed by atoms with Gasteiger partial charge in [0.25, 0.3) is 5.91 Å². The van der Waals surface area contributed by atoms with Crippen molar-refractivity contribution in [3.05, 3.63) is 89.0 Å². The van der Waals surface area contributed by atoms with Gasteiger partial charge in [0, 0.05) is 28.6 Å². The van der Waals surface area contributed by atoms with Gasteiger partial charge in [-0.15, -0.1) is 0 Å². The monoisotopic (exact) mass is 483 g/mol. The van der Waals surface area contributed by atoms with Crippen LogP contribution in [-0.2, 0) is 11.2 Å². The molecule has 1 amide bonds. The third-order valence-electron chi connectivity index (χ3n) is 5.96. The number of amides is 1. The topological polar surface area (TPSA) is 103 Å². The molecule has 0 bridgehead atoms. The molecule has 182 valence electrons. The number of aromatic nitrogens is 1. The number of hydrogen-bond acceptors (Lipinski definition) is 7. The Balaban J connectivity index is 1.33. The first-order valence-electron chi connectivity index (χ1n) is 11.7. The van der Waals surface area contributed by atoms with Crippen molar-refractivity contribution in [3.63, 3.8) is 0 Å². The standard InChI is InChI=1S/C28H25N3O5/c1-17-14-15-19-8-6-13-23(26(19)29-17)36-28(33)27-18(2)25-21(11-7-12-22(25)35-27)30-31-24(32)16-34-20-9-4-3-5-10-20/h3-6,8-10,13-15H,7,11-12,16H2,1-2H3,(H,31,32)/b30-21+. The lowest BCUT2D eigenvalue weighted by molar-refractivity contribution is -0.123. The zero-order valence-corrected chi connectivity index (χ0v) is 20.0. The van der Waals surface area contributed by atoms with Crippen molar-refractivity contribution in [2.75, 3.05) is 6.61 Å². The number of para-hydroxylation sites is 2. The Bertz CT molecular complexity index is 1470. The van der Waals surface area contributed by atoms with Crippen molar-refractivity contribution < 1.29 is 23.5 Å². The van der Waals surface area contributed by atoms with E-state index >= 15 is 0 Å². The van der Waals surface area contributed by atoms with Gasteiger partial charge in [0.05, 0.1) is 5.71 Å². The van der Waals surface area contributed by atoms with Crippen LogP contribution < -0.4 is 14.9 Å². The first-order valence-corrected chi connectivity index (χ1v) is 11.7. The van der Waals surface area contributed by atoms with E-state index in [1.807, 2.05) is 49.4 Å². The summed E-state index contributed by atoms with van der Waals surface area (Å²) in [5.41, 5.74) is 6.02. The fourth-order valence-electron chi connectivity index (χ4n) is 4.25. The van der Waals surface area contributed by atoms with E-state index < -0.39 is 5.97 Å². The van der Waals surface area contributed by atoms with Crippen LogP contribution in [0.4, 0.5) is 0 Å². The minimum absolute atomic E-state index is 0.123. The number of hydrogen-bond donors (Lipinski definition) is 1. The summed E-state index contributed by atoms with van der Waals surface area (Å²) in [7, 11) is 0. The summed E-state index contributed by atoms with van der Waals surface area (Å²) < 4.78 is 17.1. The number of benzene rings is 2. The highest BCUT2D eigenvalue weighted by atomic mass is 16.5. The van der Waals surface area contributed by atoms with Crippen LogP contribution in [0.3, 0.4) is 0 Å². The van der Waals surface area contributed by atoms with Crippen LogP contribution in [0, 0.1) is 13.8 Å². The maximum absolute atomic E-state index is 13.1. The molecule has 1 aliphatic rings. The molecular formula is C28H25N3O5. The number of fused-ring (bicyclic) bond motifs is 2. The lowest BCUT2D eigenvalue weighted by Crippen LogP contribution is -2.27. The van der Waals surface area contributed by atoms with Gasteiger partial charge in [-0.1, -0.05) is 36.4 Å². The Morgan fingerprint density at radius 1 is 1.03 bits per heavy atom. The molecule has 1 N–H and O–H groups in total. The van der Waals surface area contributed by atoms with Crippen LogP contribution in [0.1, 0.15) is 46.0 Å². The number of pyridine rings is 1. The van der Waals surface area contributed by atoms with E-state index in [1.54, 1.807) is 25.1 Å². The first-order chi connectivity index (χ1) is 17.5. The number of esters is 1. The number of hydrazone groups is 1. The van der Waals surface area contributed by atoms with Crippen LogP contribution in [0.15, 0.2) is 70.2 Å². The molecular weight excluding hydrogens is 458 g/mol. The number of ether oxygens (including phenoxy) is 2. The summed E-state index contributed by atoms with van der Waals surface area (Å²) in [5.74, 6) is 0.777. The second-order valence-electron chi connectivity index (χ2n) is 8.57. The van der Waals surface area contributed by atoms with Gasteiger partial charge >= 0.3 is 5.97 Å². The Morgan fingerprint density at radius 2 is 1.86 bits per heavy atom. The van der Waals surface area contributed by atoms with Gasteiger partial charge in [-0.3, -0.25) is 4.79 Å². The Kier molecular flexibility index (Phi) is 6.49. The number of carbonyl (C=O) groups excluding carboxylic acids is 2. The van der Waals surface area contributed by atoms with Gasteiger partial charge in [0.2, 0.25) is 5.76 Å². The molecule has 1 aliphatic carbocycles. The normalized spacial score (nSPS) is 13.9. The first kappa shape index (κ1) is 23.3. The fourth-order valence-corrected chi connectivity index (χ4v) is 4.25. The van der Waals surface area contributed by atoms with Crippen molar-refractivity contribution in [3.8, 4) is 11.5 Å². The van der Waals surface area contributed by atoms with Crippen LogP contribution in [0.5, 0.6) is 11.5 Å². The molecule has 0 atom stereocenters. The van der Waals surface area contributed by atoms with Crippen molar-refractivity contribution >= 4 is 28.5 Å². The van der Waals surface area contributed by atoms with E-state index in [1.165, 1.54) is 0 Å². The molecule has 0 radical (unpaired) electrons. The predicted octanol–water partition coefficient (Wildman–Crippen LogP) is 4.90.